The Morgan fingerprint density at radius 3 is 2.70 bits per heavy atom. The van der Waals surface area contributed by atoms with Crippen LogP contribution in [0.2, 0.25) is 5.02 Å². The molecule has 1 unspecified atom stereocenters. The maximum atomic E-state index is 9.82. The Bertz CT molecular complexity index is 406. The lowest BCUT2D eigenvalue weighted by atomic mass is 9.89. The van der Waals surface area contributed by atoms with E-state index in [1.165, 1.54) is 0 Å². The molecule has 0 spiro atoms. The SMILES string of the molecule is CC1(CNCC(O)COCc2ccc(Cl)cc2)COC1. The molecule has 112 valence electrons. The molecule has 0 aliphatic carbocycles. The lowest BCUT2D eigenvalue weighted by Gasteiger charge is -2.38. The lowest BCUT2D eigenvalue weighted by molar-refractivity contribution is -0.100. The van der Waals surface area contributed by atoms with Crippen LogP contribution in [-0.2, 0) is 16.1 Å². The van der Waals surface area contributed by atoms with Crippen LogP contribution in [0.4, 0.5) is 0 Å². The minimum atomic E-state index is -0.494. The number of hydrogen-bond acceptors (Lipinski definition) is 4. The first-order valence-electron chi connectivity index (χ1n) is 6.86. The largest absolute Gasteiger partial charge is 0.389 e. The minimum Gasteiger partial charge on any atom is -0.389 e. The summed E-state index contributed by atoms with van der Waals surface area (Å²) in [6.07, 6.45) is -0.494. The van der Waals surface area contributed by atoms with Crippen LogP contribution < -0.4 is 5.32 Å². The van der Waals surface area contributed by atoms with E-state index in [2.05, 4.69) is 12.2 Å². The van der Waals surface area contributed by atoms with E-state index in [-0.39, 0.29) is 5.41 Å². The van der Waals surface area contributed by atoms with Crippen LogP contribution in [0, 0.1) is 5.41 Å². The molecule has 1 aromatic carbocycles. The van der Waals surface area contributed by atoms with Gasteiger partial charge in [-0.2, -0.15) is 0 Å². The molecule has 20 heavy (non-hydrogen) atoms. The highest BCUT2D eigenvalue weighted by atomic mass is 35.5. The van der Waals surface area contributed by atoms with Crippen LogP contribution in [0.1, 0.15) is 12.5 Å². The molecule has 0 saturated carbocycles. The van der Waals surface area contributed by atoms with Crippen molar-refractivity contribution in [1.29, 1.82) is 0 Å². The zero-order valence-electron chi connectivity index (χ0n) is 11.8. The molecule has 1 atom stereocenters. The van der Waals surface area contributed by atoms with Crippen molar-refractivity contribution in [2.45, 2.75) is 19.6 Å². The summed E-state index contributed by atoms with van der Waals surface area (Å²) in [7, 11) is 0. The zero-order chi connectivity index (χ0) is 14.4. The minimum absolute atomic E-state index is 0.226. The van der Waals surface area contributed by atoms with Crippen molar-refractivity contribution < 1.29 is 14.6 Å². The van der Waals surface area contributed by atoms with Gasteiger partial charge in [0.25, 0.3) is 0 Å². The van der Waals surface area contributed by atoms with Gasteiger partial charge in [0, 0.05) is 23.5 Å². The van der Waals surface area contributed by atoms with Crippen molar-refractivity contribution in [2.24, 2.45) is 5.41 Å². The number of aliphatic hydroxyl groups excluding tert-OH is 1. The van der Waals surface area contributed by atoms with E-state index in [0.717, 1.165) is 25.3 Å². The Hall–Kier alpha value is -0.650. The topological polar surface area (TPSA) is 50.7 Å². The highest BCUT2D eigenvalue weighted by Crippen LogP contribution is 2.24. The van der Waals surface area contributed by atoms with E-state index >= 15 is 0 Å². The summed E-state index contributed by atoms with van der Waals surface area (Å²) in [6, 6.07) is 7.51. The van der Waals surface area contributed by atoms with Crippen molar-refractivity contribution in [3.05, 3.63) is 34.9 Å². The number of rotatable bonds is 8. The molecule has 0 bridgehead atoms. The second-order valence-electron chi connectivity index (χ2n) is 5.73. The molecule has 1 aromatic rings. The molecule has 2 N–H and O–H groups in total. The molecule has 1 heterocycles. The molecule has 1 aliphatic heterocycles. The average Bonchev–Trinajstić information content (AvgIpc) is 2.39. The van der Waals surface area contributed by atoms with Crippen LogP contribution in [0.3, 0.4) is 0 Å². The van der Waals surface area contributed by atoms with Crippen molar-refractivity contribution >= 4 is 11.6 Å². The van der Waals surface area contributed by atoms with Gasteiger partial charge < -0.3 is 19.9 Å². The Kier molecular flexibility index (Phi) is 5.81. The standard InChI is InChI=1S/C15H22ClNO3/c1-15(10-20-11-15)9-17-6-14(18)8-19-7-12-2-4-13(16)5-3-12/h2-5,14,17-18H,6-11H2,1H3. The molecule has 0 radical (unpaired) electrons. The van der Waals surface area contributed by atoms with Gasteiger partial charge in [0.15, 0.2) is 0 Å². The fourth-order valence-corrected chi connectivity index (χ4v) is 2.17. The molecular formula is C15H22ClNO3. The molecule has 5 heteroatoms. The van der Waals surface area contributed by atoms with Crippen molar-refractivity contribution in [2.75, 3.05) is 32.9 Å². The second kappa shape index (κ2) is 7.38. The van der Waals surface area contributed by atoms with Gasteiger partial charge in [0.2, 0.25) is 0 Å². The van der Waals surface area contributed by atoms with Gasteiger partial charge in [-0.3, -0.25) is 0 Å². The maximum Gasteiger partial charge on any atom is 0.0897 e. The molecule has 2 rings (SSSR count). The number of benzene rings is 1. The van der Waals surface area contributed by atoms with Gasteiger partial charge in [-0.15, -0.1) is 0 Å². The predicted octanol–water partition coefficient (Wildman–Crippen LogP) is 1.84. The summed E-state index contributed by atoms with van der Waals surface area (Å²) in [5.41, 5.74) is 1.28. The average molecular weight is 300 g/mol. The summed E-state index contributed by atoms with van der Waals surface area (Å²) in [5.74, 6) is 0. The van der Waals surface area contributed by atoms with Crippen LogP contribution in [0.5, 0.6) is 0 Å². The van der Waals surface area contributed by atoms with Crippen LogP contribution in [0.25, 0.3) is 0 Å². The normalized spacial score (nSPS) is 18.6. The van der Waals surface area contributed by atoms with E-state index in [9.17, 15) is 5.11 Å². The summed E-state index contributed by atoms with van der Waals surface area (Å²) in [5, 5.41) is 13.8. The van der Waals surface area contributed by atoms with E-state index in [1.807, 2.05) is 24.3 Å². The maximum absolute atomic E-state index is 9.82. The Morgan fingerprint density at radius 1 is 1.40 bits per heavy atom. The van der Waals surface area contributed by atoms with Gasteiger partial charge >= 0.3 is 0 Å². The molecule has 4 nitrogen and oxygen atoms in total. The summed E-state index contributed by atoms with van der Waals surface area (Å²) >= 11 is 5.81. The zero-order valence-corrected chi connectivity index (χ0v) is 12.5. The van der Waals surface area contributed by atoms with E-state index in [4.69, 9.17) is 21.1 Å². The monoisotopic (exact) mass is 299 g/mol. The summed E-state index contributed by atoms with van der Waals surface area (Å²) in [4.78, 5) is 0. The van der Waals surface area contributed by atoms with Gasteiger partial charge in [-0.25, -0.2) is 0 Å². The third kappa shape index (κ3) is 5.04. The molecular weight excluding hydrogens is 278 g/mol. The predicted molar refractivity (Wildman–Crippen MR) is 78.9 cm³/mol. The molecule has 1 fully saturated rings. The van der Waals surface area contributed by atoms with E-state index in [0.29, 0.717) is 24.8 Å². The van der Waals surface area contributed by atoms with Gasteiger partial charge in [0.05, 0.1) is 32.5 Å². The molecule has 1 saturated heterocycles. The van der Waals surface area contributed by atoms with Gasteiger partial charge in [-0.05, 0) is 17.7 Å². The van der Waals surface area contributed by atoms with Crippen LogP contribution in [0.15, 0.2) is 24.3 Å². The number of aliphatic hydroxyl groups is 1. The first-order valence-corrected chi connectivity index (χ1v) is 7.24. The Morgan fingerprint density at radius 2 is 2.10 bits per heavy atom. The van der Waals surface area contributed by atoms with E-state index < -0.39 is 6.10 Å². The second-order valence-corrected chi connectivity index (χ2v) is 6.17. The molecule has 0 amide bonds. The Labute approximate surface area is 125 Å². The summed E-state index contributed by atoms with van der Waals surface area (Å²) < 4.78 is 10.7. The number of halogens is 1. The highest BCUT2D eigenvalue weighted by Gasteiger charge is 2.32. The number of hydrogen-bond donors (Lipinski definition) is 2. The van der Waals surface area contributed by atoms with Crippen LogP contribution in [-0.4, -0.2) is 44.1 Å². The van der Waals surface area contributed by atoms with Crippen molar-refractivity contribution in [1.82, 2.24) is 5.32 Å². The quantitative estimate of drug-likeness (QED) is 0.769. The molecule has 0 aromatic heterocycles. The van der Waals surface area contributed by atoms with Crippen LogP contribution >= 0.6 is 11.6 Å². The first kappa shape index (κ1) is 15.7. The third-order valence-electron chi connectivity index (χ3n) is 3.33. The number of nitrogens with one attached hydrogen (secondary N) is 1. The van der Waals surface area contributed by atoms with E-state index in [1.54, 1.807) is 0 Å². The van der Waals surface area contributed by atoms with Crippen molar-refractivity contribution in [3.8, 4) is 0 Å². The Balaban J connectivity index is 1.55. The first-order chi connectivity index (χ1) is 9.57. The van der Waals surface area contributed by atoms with Crippen molar-refractivity contribution in [3.63, 3.8) is 0 Å². The highest BCUT2D eigenvalue weighted by molar-refractivity contribution is 6.30. The fourth-order valence-electron chi connectivity index (χ4n) is 2.05. The van der Waals surface area contributed by atoms with Gasteiger partial charge in [-0.1, -0.05) is 30.7 Å². The lowest BCUT2D eigenvalue weighted by Crippen LogP contribution is -2.48. The van der Waals surface area contributed by atoms with Gasteiger partial charge in [0.1, 0.15) is 0 Å². The summed E-state index contributed by atoms with van der Waals surface area (Å²) in [6.45, 7) is 5.97. The third-order valence-corrected chi connectivity index (χ3v) is 3.58. The number of ether oxygens (including phenoxy) is 2. The smallest absolute Gasteiger partial charge is 0.0897 e. The fraction of sp³-hybridized carbons (Fsp3) is 0.600. The molecule has 1 aliphatic rings.